The molecule has 4 heteroatoms. The summed E-state index contributed by atoms with van der Waals surface area (Å²) in [4.78, 5) is 11.3. The smallest absolute Gasteiger partial charge is 0.337 e. The van der Waals surface area contributed by atoms with Crippen LogP contribution in [0.5, 0.6) is 0 Å². The van der Waals surface area contributed by atoms with Crippen LogP contribution in [0.2, 0.25) is 0 Å². The Kier molecular flexibility index (Phi) is 6.83. The number of rotatable bonds is 7. The molecule has 0 aliphatic heterocycles. The van der Waals surface area contributed by atoms with E-state index in [1.807, 2.05) is 23.9 Å². The summed E-state index contributed by atoms with van der Waals surface area (Å²) in [7, 11) is 1.39. The molecule has 3 nitrogen and oxygen atoms in total. The van der Waals surface area contributed by atoms with Crippen LogP contribution in [0.15, 0.2) is 24.3 Å². The number of hydrogen-bond donors (Lipinski definition) is 1. The highest BCUT2D eigenvalue weighted by atomic mass is 32.2. The van der Waals surface area contributed by atoms with Crippen LogP contribution in [0.25, 0.3) is 0 Å². The predicted molar refractivity (Wildman–Crippen MR) is 77.0 cm³/mol. The lowest BCUT2D eigenvalue weighted by Crippen LogP contribution is -2.22. The van der Waals surface area contributed by atoms with Crippen molar-refractivity contribution in [3.05, 3.63) is 35.4 Å². The molecule has 0 spiro atoms. The molecule has 0 saturated carbocycles. The molecule has 0 fully saturated rings. The van der Waals surface area contributed by atoms with Crippen molar-refractivity contribution in [2.75, 3.05) is 25.7 Å². The molecule has 0 radical (unpaired) electrons. The first-order valence-corrected chi connectivity index (χ1v) is 7.43. The molecule has 0 bridgehead atoms. The lowest BCUT2D eigenvalue weighted by molar-refractivity contribution is 0.0600. The van der Waals surface area contributed by atoms with Gasteiger partial charge in [-0.15, -0.1) is 0 Å². The maximum absolute atomic E-state index is 11.3. The summed E-state index contributed by atoms with van der Waals surface area (Å²) in [5, 5.41) is 3.42. The largest absolute Gasteiger partial charge is 0.465 e. The zero-order valence-electron chi connectivity index (χ0n) is 11.2. The molecular weight excluding hydrogens is 246 g/mol. The fourth-order valence-corrected chi connectivity index (χ4v) is 2.37. The Balaban J connectivity index is 2.37. The van der Waals surface area contributed by atoms with Crippen molar-refractivity contribution < 1.29 is 9.53 Å². The van der Waals surface area contributed by atoms with E-state index in [-0.39, 0.29) is 5.97 Å². The fourth-order valence-electron chi connectivity index (χ4n) is 1.68. The van der Waals surface area contributed by atoms with Gasteiger partial charge in [-0.2, -0.15) is 11.8 Å². The van der Waals surface area contributed by atoms with Gasteiger partial charge in [0.1, 0.15) is 0 Å². The standard InChI is InChI=1S/C14H21NO2S/c1-11(10-18-3)8-15-9-12-4-6-13(7-5-12)14(16)17-2/h4-7,11,15H,8-10H2,1-3H3. The van der Waals surface area contributed by atoms with E-state index < -0.39 is 0 Å². The van der Waals surface area contributed by atoms with E-state index in [4.69, 9.17) is 0 Å². The van der Waals surface area contributed by atoms with E-state index in [2.05, 4.69) is 23.2 Å². The van der Waals surface area contributed by atoms with E-state index in [1.165, 1.54) is 18.4 Å². The number of ether oxygens (including phenoxy) is 1. The summed E-state index contributed by atoms with van der Waals surface area (Å²) in [5.74, 6) is 1.56. The van der Waals surface area contributed by atoms with Crippen LogP contribution in [0.4, 0.5) is 0 Å². The predicted octanol–water partition coefficient (Wildman–Crippen LogP) is 2.56. The number of thioether (sulfide) groups is 1. The minimum atomic E-state index is -0.289. The van der Waals surface area contributed by atoms with Gasteiger partial charge in [0.2, 0.25) is 0 Å². The molecule has 18 heavy (non-hydrogen) atoms. The third kappa shape index (κ3) is 5.10. The molecule has 0 saturated heterocycles. The van der Waals surface area contributed by atoms with Gasteiger partial charge in [0, 0.05) is 6.54 Å². The summed E-state index contributed by atoms with van der Waals surface area (Å²) in [6.45, 7) is 4.09. The van der Waals surface area contributed by atoms with Crippen LogP contribution in [0.1, 0.15) is 22.8 Å². The van der Waals surface area contributed by atoms with Gasteiger partial charge in [-0.25, -0.2) is 4.79 Å². The number of carbonyl (C=O) groups is 1. The van der Waals surface area contributed by atoms with Crippen molar-refractivity contribution >= 4 is 17.7 Å². The summed E-state index contributed by atoms with van der Waals surface area (Å²) in [6, 6.07) is 7.51. The normalized spacial score (nSPS) is 12.2. The van der Waals surface area contributed by atoms with Crippen LogP contribution >= 0.6 is 11.8 Å². The maximum atomic E-state index is 11.3. The molecule has 1 N–H and O–H groups in total. The fraction of sp³-hybridized carbons (Fsp3) is 0.500. The number of carbonyl (C=O) groups excluding carboxylic acids is 1. The highest BCUT2D eigenvalue weighted by Crippen LogP contribution is 2.06. The van der Waals surface area contributed by atoms with Crippen LogP contribution in [0.3, 0.4) is 0 Å². The number of nitrogens with one attached hydrogen (secondary N) is 1. The summed E-state index contributed by atoms with van der Waals surface area (Å²) < 4.78 is 4.66. The minimum Gasteiger partial charge on any atom is -0.465 e. The first-order chi connectivity index (χ1) is 8.67. The van der Waals surface area contributed by atoms with Crippen molar-refractivity contribution in [2.45, 2.75) is 13.5 Å². The molecule has 0 heterocycles. The molecule has 0 aliphatic carbocycles. The Bertz CT molecular complexity index is 365. The third-order valence-electron chi connectivity index (χ3n) is 2.65. The lowest BCUT2D eigenvalue weighted by atomic mass is 10.1. The highest BCUT2D eigenvalue weighted by Gasteiger charge is 2.04. The average molecular weight is 267 g/mol. The molecule has 1 unspecified atom stereocenters. The summed E-state index contributed by atoms with van der Waals surface area (Å²) in [5.41, 5.74) is 1.77. The highest BCUT2D eigenvalue weighted by molar-refractivity contribution is 7.98. The topological polar surface area (TPSA) is 38.3 Å². The Morgan fingerprint density at radius 3 is 2.61 bits per heavy atom. The van der Waals surface area contributed by atoms with E-state index in [0.29, 0.717) is 11.5 Å². The Morgan fingerprint density at radius 1 is 1.39 bits per heavy atom. The minimum absolute atomic E-state index is 0.289. The van der Waals surface area contributed by atoms with E-state index in [9.17, 15) is 4.79 Å². The van der Waals surface area contributed by atoms with Gasteiger partial charge in [-0.3, -0.25) is 0 Å². The second-order valence-corrected chi connectivity index (χ2v) is 5.29. The zero-order valence-corrected chi connectivity index (χ0v) is 12.0. The summed E-state index contributed by atoms with van der Waals surface area (Å²) >= 11 is 1.87. The van der Waals surface area contributed by atoms with Gasteiger partial charge in [0.05, 0.1) is 12.7 Å². The van der Waals surface area contributed by atoms with Gasteiger partial charge >= 0.3 is 5.97 Å². The monoisotopic (exact) mass is 267 g/mol. The van der Waals surface area contributed by atoms with Crippen molar-refractivity contribution in [3.8, 4) is 0 Å². The van der Waals surface area contributed by atoms with Crippen molar-refractivity contribution in [2.24, 2.45) is 5.92 Å². The van der Waals surface area contributed by atoms with Gasteiger partial charge in [-0.05, 0) is 42.2 Å². The molecular formula is C14H21NO2S. The first kappa shape index (κ1) is 15.1. The molecule has 1 aromatic carbocycles. The van der Waals surface area contributed by atoms with Gasteiger partial charge < -0.3 is 10.1 Å². The molecule has 0 aromatic heterocycles. The summed E-state index contributed by atoms with van der Waals surface area (Å²) in [6.07, 6.45) is 2.13. The second-order valence-electron chi connectivity index (χ2n) is 4.38. The van der Waals surface area contributed by atoms with Crippen LogP contribution in [0, 0.1) is 5.92 Å². The number of hydrogen-bond acceptors (Lipinski definition) is 4. The van der Waals surface area contributed by atoms with Crippen molar-refractivity contribution in [1.82, 2.24) is 5.32 Å². The lowest BCUT2D eigenvalue weighted by Gasteiger charge is -2.11. The van der Waals surface area contributed by atoms with Gasteiger partial charge in [-0.1, -0.05) is 19.1 Å². The number of benzene rings is 1. The number of methoxy groups -OCH3 is 1. The molecule has 0 aliphatic rings. The van der Waals surface area contributed by atoms with E-state index in [1.54, 1.807) is 12.1 Å². The Morgan fingerprint density at radius 2 is 2.06 bits per heavy atom. The Labute approximate surface area is 113 Å². The first-order valence-electron chi connectivity index (χ1n) is 6.04. The van der Waals surface area contributed by atoms with E-state index in [0.717, 1.165) is 13.1 Å². The quantitative estimate of drug-likeness (QED) is 0.771. The maximum Gasteiger partial charge on any atom is 0.337 e. The molecule has 1 atom stereocenters. The molecule has 100 valence electrons. The zero-order chi connectivity index (χ0) is 13.4. The Hall–Kier alpha value is -1.00. The van der Waals surface area contributed by atoms with Crippen LogP contribution in [-0.2, 0) is 11.3 Å². The van der Waals surface area contributed by atoms with Gasteiger partial charge in [0.25, 0.3) is 0 Å². The molecule has 0 amide bonds. The van der Waals surface area contributed by atoms with Gasteiger partial charge in [0.15, 0.2) is 0 Å². The average Bonchev–Trinajstić information content (AvgIpc) is 2.39. The second kappa shape index (κ2) is 8.16. The van der Waals surface area contributed by atoms with Crippen molar-refractivity contribution in [3.63, 3.8) is 0 Å². The van der Waals surface area contributed by atoms with Crippen LogP contribution in [-0.4, -0.2) is 31.6 Å². The van der Waals surface area contributed by atoms with Crippen LogP contribution < -0.4 is 5.32 Å². The molecule has 1 aromatic rings. The molecule has 1 rings (SSSR count). The number of esters is 1. The van der Waals surface area contributed by atoms with E-state index >= 15 is 0 Å². The SMILES string of the molecule is COC(=O)c1ccc(CNCC(C)CSC)cc1. The third-order valence-corrected chi connectivity index (χ3v) is 3.55. The van der Waals surface area contributed by atoms with Crippen molar-refractivity contribution in [1.29, 1.82) is 0 Å².